The second-order valence-corrected chi connectivity index (χ2v) is 12.4. The standard InChI is InChI=1S/C27H31N3O5/c1-23(2)11-9-14-16(35-23)8-7-15-18(14)28-20(32)26(15)19(31)27-17(24(26,3)4)13-25(21(33)29(27)5)10-6-12-30(25)22(27)34/h7-9,11,17,19,31H,6,10,12-13H2,1-5H3,(H,28,32)/t17-,19-,25-,26-,27+/m0/s1. The van der Waals surface area contributed by atoms with Crippen molar-refractivity contribution in [3.63, 3.8) is 0 Å². The molecule has 35 heavy (non-hydrogen) atoms. The second-order valence-electron chi connectivity index (χ2n) is 12.4. The zero-order valence-corrected chi connectivity index (χ0v) is 20.8. The molecule has 0 radical (unpaired) electrons. The number of hydrogen-bond donors (Lipinski definition) is 2. The molecule has 6 heterocycles. The van der Waals surface area contributed by atoms with E-state index in [0.29, 0.717) is 36.4 Å². The number of rotatable bonds is 0. The molecule has 6 aliphatic heterocycles. The number of nitrogens with zero attached hydrogens (tertiary/aromatic N) is 2. The first-order valence-corrected chi connectivity index (χ1v) is 12.5. The van der Waals surface area contributed by atoms with E-state index in [0.717, 1.165) is 12.0 Å². The van der Waals surface area contributed by atoms with Crippen LogP contribution < -0.4 is 10.1 Å². The maximum absolute atomic E-state index is 14.2. The van der Waals surface area contributed by atoms with Gasteiger partial charge in [0.2, 0.25) is 11.8 Å². The molecule has 2 N–H and O–H groups in total. The van der Waals surface area contributed by atoms with Crippen LogP contribution in [0.3, 0.4) is 0 Å². The number of nitrogens with one attached hydrogen (secondary N) is 1. The number of carbonyl (C=O) groups excluding carboxylic acids is 3. The first-order valence-electron chi connectivity index (χ1n) is 12.5. The van der Waals surface area contributed by atoms with Gasteiger partial charge in [0.15, 0.2) is 5.54 Å². The molecule has 3 spiro atoms. The summed E-state index contributed by atoms with van der Waals surface area (Å²) in [5.41, 5.74) is -2.95. The molecule has 5 atom stereocenters. The summed E-state index contributed by atoms with van der Waals surface area (Å²) >= 11 is 0. The Kier molecular flexibility index (Phi) is 3.52. The number of benzene rings is 1. The van der Waals surface area contributed by atoms with Gasteiger partial charge in [-0.25, -0.2) is 0 Å². The Morgan fingerprint density at radius 1 is 1.11 bits per heavy atom. The van der Waals surface area contributed by atoms with Gasteiger partial charge in [0.25, 0.3) is 5.91 Å². The summed E-state index contributed by atoms with van der Waals surface area (Å²) in [6.45, 7) is 8.42. The molecule has 5 fully saturated rings. The fourth-order valence-corrected chi connectivity index (χ4v) is 8.83. The zero-order valence-electron chi connectivity index (χ0n) is 20.8. The van der Waals surface area contributed by atoms with Gasteiger partial charge < -0.3 is 25.0 Å². The van der Waals surface area contributed by atoms with Crippen LogP contribution in [0.5, 0.6) is 5.75 Å². The highest BCUT2D eigenvalue weighted by atomic mass is 16.5. The molecular weight excluding hydrogens is 446 g/mol. The summed E-state index contributed by atoms with van der Waals surface area (Å²) in [5.74, 6) is -0.350. The van der Waals surface area contributed by atoms with Gasteiger partial charge in [-0.2, -0.15) is 0 Å². The predicted molar refractivity (Wildman–Crippen MR) is 128 cm³/mol. The van der Waals surface area contributed by atoms with Gasteiger partial charge in [0, 0.05) is 25.1 Å². The number of likely N-dealkylation sites (N-methyl/N-ethyl adjacent to an activating group) is 1. The molecule has 184 valence electrons. The summed E-state index contributed by atoms with van der Waals surface area (Å²) in [6.07, 6.45) is 4.39. The van der Waals surface area contributed by atoms with Gasteiger partial charge in [-0.3, -0.25) is 14.4 Å². The van der Waals surface area contributed by atoms with Crippen molar-refractivity contribution in [3.05, 3.63) is 29.3 Å². The van der Waals surface area contributed by atoms with Crippen molar-refractivity contribution in [2.75, 3.05) is 18.9 Å². The van der Waals surface area contributed by atoms with Crippen molar-refractivity contribution in [2.24, 2.45) is 11.3 Å². The Hall–Kier alpha value is -2.87. The van der Waals surface area contributed by atoms with E-state index in [9.17, 15) is 19.5 Å². The van der Waals surface area contributed by atoms with E-state index in [1.807, 2.05) is 52.0 Å². The van der Waals surface area contributed by atoms with E-state index in [-0.39, 0.29) is 23.6 Å². The Labute approximate surface area is 204 Å². The smallest absolute Gasteiger partial charge is 0.252 e. The van der Waals surface area contributed by atoms with Crippen molar-refractivity contribution in [1.29, 1.82) is 0 Å². The molecule has 0 aromatic heterocycles. The predicted octanol–water partition coefficient (Wildman–Crippen LogP) is 2.05. The van der Waals surface area contributed by atoms with Crippen LogP contribution in [0, 0.1) is 11.3 Å². The fraction of sp³-hybridized carbons (Fsp3) is 0.593. The molecule has 1 saturated carbocycles. The number of fused-ring (bicyclic) bond motifs is 5. The van der Waals surface area contributed by atoms with E-state index >= 15 is 0 Å². The highest BCUT2D eigenvalue weighted by Crippen LogP contribution is 2.72. The maximum atomic E-state index is 14.2. The second kappa shape index (κ2) is 5.75. The largest absolute Gasteiger partial charge is 0.483 e. The van der Waals surface area contributed by atoms with Gasteiger partial charge in [0.05, 0.1) is 5.69 Å². The lowest BCUT2D eigenvalue weighted by atomic mass is 9.57. The third-order valence-electron chi connectivity index (χ3n) is 10.4. The number of carbonyl (C=O) groups is 3. The summed E-state index contributed by atoms with van der Waals surface area (Å²) < 4.78 is 6.14. The van der Waals surface area contributed by atoms with Crippen LogP contribution in [0.25, 0.3) is 6.08 Å². The van der Waals surface area contributed by atoms with E-state index in [1.54, 1.807) is 11.9 Å². The molecule has 1 aromatic carbocycles. The molecule has 8 nitrogen and oxygen atoms in total. The van der Waals surface area contributed by atoms with Crippen LogP contribution in [0.15, 0.2) is 18.2 Å². The minimum atomic E-state index is -1.48. The zero-order chi connectivity index (χ0) is 24.9. The number of aliphatic hydroxyl groups is 1. The number of hydrogen-bond acceptors (Lipinski definition) is 5. The highest BCUT2D eigenvalue weighted by molar-refractivity contribution is 6.13. The van der Waals surface area contributed by atoms with Gasteiger partial charge in [-0.05, 0) is 62.3 Å². The van der Waals surface area contributed by atoms with Crippen molar-refractivity contribution in [2.45, 2.75) is 75.2 Å². The van der Waals surface area contributed by atoms with Crippen LogP contribution in [0.4, 0.5) is 5.69 Å². The van der Waals surface area contributed by atoms with E-state index in [4.69, 9.17) is 4.74 Å². The molecule has 1 aromatic rings. The number of aliphatic hydroxyl groups excluding tert-OH is 1. The monoisotopic (exact) mass is 477 g/mol. The van der Waals surface area contributed by atoms with Gasteiger partial charge in [0.1, 0.15) is 28.4 Å². The SMILES string of the molecule is CN1C(=O)[C@@]23CCCN2C(=O)[C@@]12[C@@H](O)[C@@]1(C(=O)Nc4c1ccc1c4C=CC(C)(C)O1)C(C)(C)[C@@H]2C3. The van der Waals surface area contributed by atoms with Crippen LogP contribution >= 0.6 is 0 Å². The first kappa shape index (κ1) is 21.4. The maximum Gasteiger partial charge on any atom is 0.252 e. The molecule has 8 heteroatoms. The van der Waals surface area contributed by atoms with Crippen LogP contribution in [-0.4, -0.2) is 69.0 Å². The molecule has 1 aliphatic carbocycles. The van der Waals surface area contributed by atoms with Gasteiger partial charge in [-0.1, -0.05) is 19.9 Å². The Morgan fingerprint density at radius 3 is 2.60 bits per heavy atom. The third-order valence-corrected chi connectivity index (χ3v) is 10.4. The molecule has 8 rings (SSSR count). The van der Waals surface area contributed by atoms with Gasteiger partial charge in [-0.15, -0.1) is 0 Å². The molecule has 3 amide bonds. The summed E-state index contributed by atoms with van der Waals surface area (Å²) in [5, 5.41) is 15.4. The summed E-state index contributed by atoms with van der Waals surface area (Å²) in [4.78, 5) is 45.2. The summed E-state index contributed by atoms with van der Waals surface area (Å²) in [6, 6.07) is 3.72. The van der Waals surface area contributed by atoms with Crippen LogP contribution in [-0.2, 0) is 19.8 Å². The van der Waals surface area contributed by atoms with Crippen molar-refractivity contribution in [1.82, 2.24) is 9.80 Å². The van der Waals surface area contributed by atoms with Crippen molar-refractivity contribution < 1.29 is 24.2 Å². The first-order chi connectivity index (χ1) is 16.4. The molecular formula is C27H31N3O5. The quantitative estimate of drug-likeness (QED) is 0.596. The number of ether oxygens (including phenoxy) is 1. The van der Waals surface area contributed by atoms with E-state index in [1.165, 1.54) is 4.90 Å². The Bertz CT molecular complexity index is 1300. The lowest BCUT2D eigenvalue weighted by Crippen LogP contribution is -2.83. The average Bonchev–Trinajstić information content (AvgIpc) is 3.40. The third kappa shape index (κ3) is 1.89. The van der Waals surface area contributed by atoms with E-state index in [2.05, 4.69) is 5.32 Å². The van der Waals surface area contributed by atoms with E-state index < -0.39 is 33.6 Å². The highest BCUT2D eigenvalue weighted by Gasteiger charge is 2.86. The Morgan fingerprint density at radius 2 is 1.86 bits per heavy atom. The van der Waals surface area contributed by atoms with Crippen molar-refractivity contribution in [3.8, 4) is 5.75 Å². The number of anilines is 1. The Balaban J connectivity index is 1.49. The minimum Gasteiger partial charge on any atom is -0.483 e. The lowest BCUT2D eigenvalue weighted by molar-refractivity contribution is -0.203. The topological polar surface area (TPSA) is 99.2 Å². The normalized spacial score (nSPS) is 41.0. The molecule has 0 unspecified atom stereocenters. The molecule has 4 saturated heterocycles. The van der Waals surface area contributed by atoms with Gasteiger partial charge >= 0.3 is 0 Å². The molecule has 7 aliphatic rings. The van der Waals surface area contributed by atoms with Crippen LogP contribution in [0.1, 0.15) is 58.1 Å². The minimum absolute atomic E-state index is 0.111. The number of piperidine rings is 2. The molecule has 2 bridgehead atoms. The number of piperazine rings is 1. The lowest BCUT2D eigenvalue weighted by Gasteiger charge is -2.63. The number of amides is 3. The fourth-order valence-electron chi connectivity index (χ4n) is 8.83. The average molecular weight is 478 g/mol. The summed E-state index contributed by atoms with van der Waals surface area (Å²) in [7, 11) is 1.64. The van der Waals surface area contributed by atoms with Crippen LogP contribution in [0.2, 0.25) is 0 Å². The van der Waals surface area contributed by atoms with Crippen molar-refractivity contribution >= 4 is 29.5 Å².